The molecule has 1 unspecified atom stereocenters. The molecule has 3 heteroatoms. The summed E-state index contributed by atoms with van der Waals surface area (Å²) in [6.45, 7) is 1.02. The van der Waals surface area contributed by atoms with Crippen LogP contribution in [0, 0.1) is 0 Å². The summed E-state index contributed by atoms with van der Waals surface area (Å²) >= 11 is 0. The molecular formula is C4H8NO2. The fourth-order valence-corrected chi connectivity index (χ4v) is 0.516. The SMILES string of the molecule is [O]C1CCONC1. The van der Waals surface area contributed by atoms with Gasteiger partial charge in [0.2, 0.25) is 0 Å². The summed E-state index contributed by atoms with van der Waals surface area (Å²) in [5, 5.41) is 10.4. The van der Waals surface area contributed by atoms with Crippen LogP contribution >= 0.6 is 0 Å². The van der Waals surface area contributed by atoms with E-state index in [0.29, 0.717) is 19.6 Å². The number of nitrogens with one attached hydrogen (secondary N) is 1. The quantitative estimate of drug-likeness (QED) is 0.456. The Labute approximate surface area is 42.2 Å². The van der Waals surface area contributed by atoms with Crippen molar-refractivity contribution in [2.24, 2.45) is 0 Å². The molecular weight excluding hydrogens is 94.0 g/mol. The number of hydrogen-bond acceptors (Lipinski definition) is 2. The highest BCUT2D eigenvalue weighted by Crippen LogP contribution is 1.94. The Balaban J connectivity index is 2.12. The monoisotopic (exact) mass is 102 g/mol. The Morgan fingerprint density at radius 2 is 2.57 bits per heavy atom. The molecule has 1 fully saturated rings. The molecule has 41 valence electrons. The minimum absolute atomic E-state index is 0.450. The Kier molecular flexibility index (Phi) is 1.62. The smallest absolute Gasteiger partial charge is 0.110 e. The zero-order valence-electron chi connectivity index (χ0n) is 4.02. The molecule has 3 nitrogen and oxygen atoms in total. The summed E-state index contributed by atoms with van der Waals surface area (Å²) in [5.41, 5.74) is 2.52. The van der Waals surface area contributed by atoms with Crippen LogP contribution in [0.25, 0.3) is 0 Å². The highest BCUT2D eigenvalue weighted by Gasteiger charge is 2.09. The van der Waals surface area contributed by atoms with E-state index in [4.69, 9.17) is 0 Å². The van der Waals surface area contributed by atoms with Crippen molar-refractivity contribution in [2.75, 3.05) is 13.2 Å². The first-order valence-electron chi connectivity index (χ1n) is 2.40. The molecule has 0 bridgehead atoms. The van der Waals surface area contributed by atoms with Gasteiger partial charge in [-0.05, 0) is 0 Å². The van der Waals surface area contributed by atoms with E-state index in [1.54, 1.807) is 0 Å². The van der Waals surface area contributed by atoms with Crippen molar-refractivity contribution >= 4 is 0 Å². The summed E-state index contributed by atoms with van der Waals surface area (Å²) in [7, 11) is 0. The topological polar surface area (TPSA) is 41.2 Å². The average Bonchev–Trinajstić information content (AvgIpc) is 1.69. The molecule has 1 atom stereocenters. The standard InChI is InChI=1S/C4H8NO2/c6-4-1-2-7-5-3-4/h4-5H,1-3H2. The van der Waals surface area contributed by atoms with Gasteiger partial charge in [0.25, 0.3) is 0 Å². The van der Waals surface area contributed by atoms with Gasteiger partial charge in [-0.3, -0.25) is 0 Å². The van der Waals surface area contributed by atoms with Gasteiger partial charge in [0.15, 0.2) is 0 Å². The molecule has 1 radical (unpaired) electrons. The molecule has 0 spiro atoms. The molecule has 7 heavy (non-hydrogen) atoms. The molecule has 1 rings (SSSR count). The van der Waals surface area contributed by atoms with Gasteiger partial charge in [0.05, 0.1) is 13.2 Å². The van der Waals surface area contributed by atoms with E-state index in [9.17, 15) is 5.11 Å². The number of hydroxylamine groups is 1. The fourth-order valence-electron chi connectivity index (χ4n) is 0.516. The lowest BCUT2D eigenvalue weighted by atomic mass is 10.2. The van der Waals surface area contributed by atoms with Crippen molar-refractivity contribution in [3.8, 4) is 0 Å². The Morgan fingerprint density at radius 3 is 2.86 bits per heavy atom. The van der Waals surface area contributed by atoms with Crippen LogP contribution in [0.3, 0.4) is 0 Å². The molecule has 0 aromatic rings. The van der Waals surface area contributed by atoms with Gasteiger partial charge in [-0.15, -0.1) is 0 Å². The molecule has 1 saturated heterocycles. The minimum Gasteiger partial charge on any atom is -0.302 e. The van der Waals surface area contributed by atoms with Crippen molar-refractivity contribution in [3.63, 3.8) is 0 Å². The summed E-state index contributed by atoms with van der Waals surface area (Å²) in [5.74, 6) is 0. The Morgan fingerprint density at radius 1 is 1.71 bits per heavy atom. The van der Waals surface area contributed by atoms with Crippen molar-refractivity contribution < 1.29 is 9.94 Å². The molecule has 0 saturated carbocycles. The van der Waals surface area contributed by atoms with Crippen LogP contribution in [0.1, 0.15) is 6.42 Å². The molecule has 1 aliphatic heterocycles. The maximum atomic E-state index is 10.4. The first-order chi connectivity index (χ1) is 3.39. The molecule has 0 aliphatic carbocycles. The zero-order chi connectivity index (χ0) is 5.11. The molecule has 1 heterocycles. The summed E-state index contributed by atoms with van der Waals surface area (Å²) < 4.78 is 0. The van der Waals surface area contributed by atoms with Crippen LogP contribution in [0.15, 0.2) is 0 Å². The fraction of sp³-hybridized carbons (Fsp3) is 1.00. The van der Waals surface area contributed by atoms with Gasteiger partial charge in [-0.2, -0.15) is 5.48 Å². The van der Waals surface area contributed by atoms with Crippen molar-refractivity contribution in [2.45, 2.75) is 12.5 Å². The largest absolute Gasteiger partial charge is 0.302 e. The van der Waals surface area contributed by atoms with Gasteiger partial charge in [-0.1, -0.05) is 0 Å². The van der Waals surface area contributed by atoms with Gasteiger partial charge in [0.1, 0.15) is 6.10 Å². The molecule has 1 N–H and O–H groups in total. The summed E-state index contributed by atoms with van der Waals surface area (Å²) in [6.07, 6.45) is 0.196. The summed E-state index contributed by atoms with van der Waals surface area (Å²) in [6, 6.07) is 0. The molecule has 0 amide bonds. The third-order valence-corrected chi connectivity index (χ3v) is 0.955. The van der Waals surface area contributed by atoms with E-state index in [-0.39, 0.29) is 0 Å². The van der Waals surface area contributed by atoms with E-state index in [1.807, 2.05) is 0 Å². The molecule has 1 aliphatic rings. The predicted molar refractivity (Wildman–Crippen MR) is 23.0 cm³/mol. The van der Waals surface area contributed by atoms with E-state index < -0.39 is 6.10 Å². The van der Waals surface area contributed by atoms with E-state index in [0.717, 1.165) is 0 Å². The second kappa shape index (κ2) is 2.26. The lowest BCUT2D eigenvalue weighted by molar-refractivity contribution is -0.0634. The third-order valence-electron chi connectivity index (χ3n) is 0.955. The highest BCUT2D eigenvalue weighted by atomic mass is 16.6. The van der Waals surface area contributed by atoms with Crippen LogP contribution < -0.4 is 5.48 Å². The molecule has 0 aromatic carbocycles. The van der Waals surface area contributed by atoms with Crippen LogP contribution in [-0.2, 0) is 9.94 Å². The normalized spacial score (nSPS) is 33.0. The van der Waals surface area contributed by atoms with Gasteiger partial charge in [-0.25, -0.2) is 5.11 Å². The van der Waals surface area contributed by atoms with E-state index in [1.165, 1.54) is 0 Å². The second-order valence-electron chi connectivity index (χ2n) is 1.61. The lowest BCUT2D eigenvalue weighted by Gasteiger charge is -2.14. The van der Waals surface area contributed by atoms with Crippen molar-refractivity contribution in [1.82, 2.24) is 5.48 Å². The van der Waals surface area contributed by atoms with Gasteiger partial charge >= 0.3 is 0 Å². The molecule has 0 aromatic heterocycles. The number of hydrogen-bond donors (Lipinski definition) is 1. The maximum Gasteiger partial charge on any atom is 0.110 e. The van der Waals surface area contributed by atoms with Crippen LogP contribution in [0.2, 0.25) is 0 Å². The first kappa shape index (κ1) is 5.03. The maximum absolute atomic E-state index is 10.4. The van der Waals surface area contributed by atoms with Gasteiger partial charge in [0, 0.05) is 6.42 Å². The first-order valence-corrected chi connectivity index (χ1v) is 2.40. The Bertz CT molecular complexity index is 51.7. The van der Waals surface area contributed by atoms with Crippen LogP contribution in [0.4, 0.5) is 0 Å². The van der Waals surface area contributed by atoms with Crippen LogP contribution in [-0.4, -0.2) is 19.3 Å². The highest BCUT2D eigenvalue weighted by molar-refractivity contribution is 4.57. The van der Waals surface area contributed by atoms with E-state index in [2.05, 4.69) is 10.3 Å². The van der Waals surface area contributed by atoms with E-state index >= 15 is 0 Å². The van der Waals surface area contributed by atoms with Crippen molar-refractivity contribution in [1.29, 1.82) is 0 Å². The predicted octanol–water partition coefficient (Wildman–Crippen LogP) is -0.290. The average molecular weight is 102 g/mol. The Hall–Kier alpha value is -0.120. The second-order valence-corrected chi connectivity index (χ2v) is 1.61. The lowest BCUT2D eigenvalue weighted by Crippen LogP contribution is -2.33. The summed E-state index contributed by atoms with van der Waals surface area (Å²) in [4.78, 5) is 4.69. The van der Waals surface area contributed by atoms with Crippen molar-refractivity contribution in [3.05, 3.63) is 0 Å². The minimum atomic E-state index is -0.450. The van der Waals surface area contributed by atoms with Crippen LogP contribution in [0.5, 0.6) is 0 Å². The zero-order valence-corrected chi connectivity index (χ0v) is 4.02. The number of rotatable bonds is 0. The van der Waals surface area contributed by atoms with Gasteiger partial charge < -0.3 is 4.84 Å². The third kappa shape index (κ3) is 1.43.